The van der Waals surface area contributed by atoms with Gasteiger partial charge in [0.1, 0.15) is 5.82 Å². The molecule has 0 saturated carbocycles. The Hall–Kier alpha value is -1.16. The van der Waals surface area contributed by atoms with Crippen molar-refractivity contribution >= 4 is 21.8 Å². The molecule has 84 valence electrons. The van der Waals surface area contributed by atoms with Gasteiger partial charge < -0.3 is 5.32 Å². The second kappa shape index (κ2) is 4.78. The standard InChI is InChI=1S/C12H11BrFNO/c13-10-6-5-8(7-11(10)14)12(16)15-9-3-1-2-4-9/h1-2,5-7,9H,3-4H2,(H,15,16). The lowest BCUT2D eigenvalue weighted by atomic mass is 10.1. The van der Waals surface area contributed by atoms with E-state index >= 15 is 0 Å². The van der Waals surface area contributed by atoms with Crippen LogP contribution in [0.4, 0.5) is 4.39 Å². The first-order chi connectivity index (χ1) is 7.66. The Morgan fingerprint density at radius 3 is 2.69 bits per heavy atom. The number of carbonyl (C=O) groups is 1. The maximum atomic E-state index is 13.2. The van der Waals surface area contributed by atoms with E-state index < -0.39 is 5.82 Å². The van der Waals surface area contributed by atoms with Crippen LogP contribution in [0, 0.1) is 5.82 Å². The average molecular weight is 284 g/mol. The number of hydrogen-bond acceptors (Lipinski definition) is 1. The molecule has 1 amide bonds. The molecule has 16 heavy (non-hydrogen) atoms. The molecule has 2 nitrogen and oxygen atoms in total. The van der Waals surface area contributed by atoms with Crippen LogP contribution in [0.2, 0.25) is 0 Å². The summed E-state index contributed by atoms with van der Waals surface area (Å²) in [6.45, 7) is 0. The van der Waals surface area contributed by atoms with Gasteiger partial charge in [-0.1, -0.05) is 12.2 Å². The van der Waals surface area contributed by atoms with Crippen LogP contribution in [0.1, 0.15) is 23.2 Å². The number of amides is 1. The minimum Gasteiger partial charge on any atom is -0.349 e. The first-order valence-electron chi connectivity index (χ1n) is 5.08. The molecule has 0 unspecified atom stereocenters. The summed E-state index contributed by atoms with van der Waals surface area (Å²) in [5.74, 6) is -0.641. The van der Waals surface area contributed by atoms with Crippen LogP contribution in [0.15, 0.2) is 34.8 Å². The van der Waals surface area contributed by atoms with E-state index in [4.69, 9.17) is 0 Å². The van der Waals surface area contributed by atoms with Crippen molar-refractivity contribution in [3.8, 4) is 0 Å². The Bertz CT molecular complexity index is 437. The first kappa shape index (κ1) is 11.3. The van der Waals surface area contributed by atoms with Gasteiger partial charge in [-0.25, -0.2) is 4.39 Å². The summed E-state index contributed by atoms with van der Waals surface area (Å²) >= 11 is 3.05. The smallest absolute Gasteiger partial charge is 0.251 e. The van der Waals surface area contributed by atoms with Gasteiger partial charge in [0.15, 0.2) is 0 Å². The molecule has 0 atom stereocenters. The van der Waals surface area contributed by atoms with Crippen LogP contribution in [0.25, 0.3) is 0 Å². The quantitative estimate of drug-likeness (QED) is 0.831. The fraction of sp³-hybridized carbons (Fsp3) is 0.250. The van der Waals surface area contributed by atoms with Gasteiger partial charge in [-0.15, -0.1) is 0 Å². The lowest BCUT2D eigenvalue weighted by Crippen LogP contribution is -2.32. The molecule has 0 spiro atoms. The lowest BCUT2D eigenvalue weighted by molar-refractivity contribution is 0.0938. The van der Waals surface area contributed by atoms with E-state index in [0.29, 0.717) is 10.0 Å². The third-order valence-corrected chi connectivity index (χ3v) is 3.17. The summed E-state index contributed by atoms with van der Waals surface area (Å²) in [6, 6.07) is 4.53. The number of carbonyl (C=O) groups excluding carboxylic acids is 1. The molecule has 1 N–H and O–H groups in total. The van der Waals surface area contributed by atoms with Crippen molar-refractivity contribution in [3.63, 3.8) is 0 Å². The second-order valence-corrected chi connectivity index (χ2v) is 4.60. The van der Waals surface area contributed by atoms with E-state index in [-0.39, 0.29) is 11.9 Å². The Balaban J connectivity index is 2.05. The normalized spacial score (nSPS) is 15.4. The van der Waals surface area contributed by atoms with Gasteiger partial charge >= 0.3 is 0 Å². The maximum Gasteiger partial charge on any atom is 0.251 e. The second-order valence-electron chi connectivity index (χ2n) is 3.74. The molecule has 1 aliphatic rings. The van der Waals surface area contributed by atoms with Crippen molar-refractivity contribution in [2.24, 2.45) is 0 Å². The van der Waals surface area contributed by atoms with Crippen molar-refractivity contribution in [1.29, 1.82) is 0 Å². The monoisotopic (exact) mass is 283 g/mol. The number of hydrogen-bond donors (Lipinski definition) is 1. The minimum atomic E-state index is -0.419. The van der Waals surface area contributed by atoms with E-state index in [9.17, 15) is 9.18 Å². The summed E-state index contributed by atoms with van der Waals surface area (Å²) in [5.41, 5.74) is 0.354. The van der Waals surface area contributed by atoms with Gasteiger partial charge in [-0.05, 0) is 47.0 Å². The van der Waals surface area contributed by atoms with Gasteiger partial charge in [-0.2, -0.15) is 0 Å². The van der Waals surface area contributed by atoms with Crippen LogP contribution in [0.3, 0.4) is 0 Å². The number of rotatable bonds is 2. The molecule has 0 aliphatic heterocycles. The van der Waals surface area contributed by atoms with E-state index in [2.05, 4.69) is 21.2 Å². The van der Waals surface area contributed by atoms with Gasteiger partial charge in [0.05, 0.1) is 4.47 Å². The first-order valence-corrected chi connectivity index (χ1v) is 5.87. The van der Waals surface area contributed by atoms with Crippen molar-refractivity contribution in [1.82, 2.24) is 5.32 Å². The summed E-state index contributed by atoms with van der Waals surface area (Å²) < 4.78 is 13.6. The number of nitrogens with one attached hydrogen (secondary N) is 1. The minimum absolute atomic E-state index is 0.152. The Morgan fingerprint density at radius 2 is 2.06 bits per heavy atom. The highest BCUT2D eigenvalue weighted by Gasteiger charge is 2.15. The highest BCUT2D eigenvalue weighted by atomic mass is 79.9. The van der Waals surface area contributed by atoms with Gasteiger partial charge in [0.2, 0.25) is 0 Å². The Morgan fingerprint density at radius 1 is 1.38 bits per heavy atom. The third kappa shape index (κ3) is 2.50. The predicted molar refractivity (Wildman–Crippen MR) is 63.7 cm³/mol. The molecule has 0 fully saturated rings. The molecule has 1 aliphatic carbocycles. The zero-order chi connectivity index (χ0) is 11.5. The maximum absolute atomic E-state index is 13.2. The predicted octanol–water partition coefficient (Wildman–Crippen LogP) is 3.04. The van der Waals surface area contributed by atoms with Crippen LogP contribution in [-0.2, 0) is 0 Å². The molecule has 0 bridgehead atoms. The number of benzene rings is 1. The van der Waals surface area contributed by atoms with E-state index in [1.54, 1.807) is 6.07 Å². The molecule has 0 saturated heterocycles. The van der Waals surface area contributed by atoms with Crippen molar-refractivity contribution < 1.29 is 9.18 Å². The van der Waals surface area contributed by atoms with Crippen LogP contribution in [0.5, 0.6) is 0 Å². The summed E-state index contributed by atoms with van der Waals surface area (Å²) in [4.78, 5) is 11.7. The highest BCUT2D eigenvalue weighted by Crippen LogP contribution is 2.17. The zero-order valence-corrected chi connectivity index (χ0v) is 10.1. The Labute approximate surface area is 102 Å². The average Bonchev–Trinajstić information content (AvgIpc) is 2.74. The molecule has 2 rings (SSSR count). The SMILES string of the molecule is O=C(NC1CC=CC1)c1ccc(Br)c(F)c1. The number of halogens is 2. The lowest BCUT2D eigenvalue weighted by Gasteiger charge is -2.12. The van der Waals surface area contributed by atoms with Crippen LogP contribution >= 0.6 is 15.9 Å². The summed E-state index contributed by atoms with van der Waals surface area (Å²) in [6.07, 6.45) is 5.77. The zero-order valence-electron chi connectivity index (χ0n) is 8.54. The van der Waals surface area contributed by atoms with E-state index in [0.717, 1.165) is 12.8 Å². The molecule has 4 heteroatoms. The van der Waals surface area contributed by atoms with Gasteiger partial charge in [-0.3, -0.25) is 4.79 Å². The third-order valence-electron chi connectivity index (χ3n) is 2.52. The molecular formula is C12H11BrFNO. The topological polar surface area (TPSA) is 29.1 Å². The Kier molecular flexibility index (Phi) is 3.39. The van der Waals surface area contributed by atoms with Gasteiger partial charge in [0, 0.05) is 11.6 Å². The van der Waals surface area contributed by atoms with Crippen LogP contribution in [-0.4, -0.2) is 11.9 Å². The fourth-order valence-electron chi connectivity index (χ4n) is 1.64. The molecule has 1 aromatic rings. The molecule has 0 radical (unpaired) electrons. The largest absolute Gasteiger partial charge is 0.349 e. The molecular weight excluding hydrogens is 273 g/mol. The van der Waals surface area contributed by atoms with Crippen molar-refractivity contribution in [2.75, 3.05) is 0 Å². The van der Waals surface area contributed by atoms with Crippen LogP contribution < -0.4 is 5.32 Å². The summed E-state index contributed by atoms with van der Waals surface area (Å²) in [5, 5.41) is 2.86. The molecule has 0 heterocycles. The summed E-state index contributed by atoms with van der Waals surface area (Å²) in [7, 11) is 0. The highest BCUT2D eigenvalue weighted by molar-refractivity contribution is 9.10. The molecule has 0 aromatic heterocycles. The van der Waals surface area contributed by atoms with E-state index in [1.807, 2.05) is 12.2 Å². The van der Waals surface area contributed by atoms with Crippen molar-refractivity contribution in [3.05, 3.63) is 46.2 Å². The van der Waals surface area contributed by atoms with Crippen molar-refractivity contribution in [2.45, 2.75) is 18.9 Å². The fourth-order valence-corrected chi connectivity index (χ4v) is 1.89. The van der Waals surface area contributed by atoms with Gasteiger partial charge in [0.25, 0.3) is 5.91 Å². The molecule has 1 aromatic carbocycles. The van der Waals surface area contributed by atoms with E-state index in [1.165, 1.54) is 12.1 Å².